The molecule has 3 aromatic heterocycles. The second-order valence-electron chi connectivity index (χ2n) is 5.88. The molecule has 1 aromatic carbocycles. The lowest BCUT2D eigenvalue weighted by atomic mass is 10.1. The Morgan fingerprint density at radius 2 is 1.96 bits per heavy atom. The van der Waals surface area contributed by atoms with Gasteiger partial charge in [0.15, 0.2) is 11.0 Å². The van der Waals surface area contributed by atoms with E-state index in [1.807, 2.05) is 48.1 Å². The Hall–Kier alpha value is -2.74. The summed E-state index contributed by atoms with van der Waals surface area (Å²) in [4.78, 5) is 26.4. The van der Waals surface area contributed by atoms with Crippen LogP contribution in [0, 0.1) is 0 Å². The lowest BCUT2D eigenvalue weighted by molar-refractivity contribution is 0.102. The monoisotopic (exact) mass is 429 g/mol. The van der Waals surface area contributed by atoms with Gasteiger partial charge in [-0.2, -0.15) is 0 Å². The lowest BCUT2D eigenvalue weighted by Gasteiger charge is -2.02. The first-order valence-corrected chi connectivity index (χ1v) is 9.76. The van der Waals surface area contributed by atoms with Gasteiger partial charge in [0.2, 0.25) is 0 Å². The standard InChI is InChI=1S/C19H13Cl2N5OS/c1-26-8-7-22-17(26)15-14(11-5-3-2-4-6-11)24-19(28-15)25-18(27)12-9-13(20)16(21)23-10-12/h2-10H,1H3,(H,24,25,27). The summed E-state index contributed by atoms with van der Waals surface area (Å²) in [6, 6.07) is 11.2. The number of carbonyl (C=O) groups excluding carboxylic acids is 1. The summed E-state index contributed by atoms with van der Waals surface area (Å²) in [5.41, 5.74) is 1.99. The number of nitrogens with one attached hydrogen (secondary N) is 1. The number of halogens is 2. The van der Waals surface area contributed by atoms with E-state index in [0.717, 1.165) is 22.0 Å². The van der Waals surface area contributed by atoms with Crippen LogP contribution in [0.5, 0.6) is 0 Å². The summed E-state index contributed by atoms with van der Waals surface area (Å²) < 4.78 is 1.91. The summed E-state index contributed by atoms with van der Waals surface area (Å²) in [5.74, 6) is 0.402. The lowest BCUT2D eigenvalue weighted by Crippen LogP contribution is -2.12. The Bertz CT molecular complexity index is 1160. The molecule has 6 nitrogen and oxygen atoms in total. The van der Waals surface area contributed by atoms with Gasteiger partial charge in [-0.3, -0.25) is 10.1 Å². The Morgan fingerprint density at radius 3 is 2.64 bits per heavy atom. The number of carbonyl (C=O) groups is 1. The molecule has 4 rings (SSSR count). The molecule has 0 radical (unpaired) electrons. The van der Waals surface area contributed by atoms with Crippen molar-refractivity contribution in [2.24, 2.45) is 7.05 Å². The van der Waals surface area contributed by atoms with Crippen molar-refractivity contribution in [3.05, 3.63) is 70.7 Å². The molecule has 1 amide bonds. The topological polar surface area (TPSA) is 72.7 Å². The molecular weight excluding hydrogens is 417 g/mol. The molecule has 0 spiro atoms. The normalized spacial score (nSPS) is 10.8. The van der Waals surface area contributed by atoms with E-state index in [2.05, 4.69) is 20.3 Å². The second kappa shape index (κ2) is 7.71. The van der Waals surface area contributed by atoms with E-state index in [1.54, 1.807) is 6.20 Å². The maximum atomic E-state index is 12.6. The quantitative estimate of drug-likeness (QED) is 0.454. The van der Waals surface area contributed by atoms with Crippen molar-refractivity contribution < 1.29 is 4.79 Å². The maximum Gasteiger partial charge on any atom is 0.259 e. The smallest absolute Gasteiger partial charge is 0.259 e. The molecule has 140 valence electrons. The molecule has 0 aliphatic carbocycles. The molecule has 4 aromatic rings. The average molecular weight is 430 g/mol. The Kier molecular flexibility index (Phi) is 5.13. The molecule has 0 atom stereocenters. The zero-order chi connectivity index (χ0) is 19.7. The number of benzene rings is 1. The fourth-order valence-corrected chi connectivity index (χ4v) is 3.91. The number of pyridine rings is 1. The minimum absolute atomic E-state index is 0.149. The second-order valence-corrected chi connectivity index (χ2v) is 7.64. The van der Waals surface area contributed by atoms with Crippen LogP contribution in [0.4, 0.5) is 5.13 Å². The van der Waals surface area contributed by atoms with Crippen molar-refractivity contribution in [2.45, 2.75) is 0 Å². The molecule has 0 bridgehead atoms. The van der Waals surface area contributed by atoms with Gasteiger partial charge in [0, 0.05) is 31.2 Å². The summed E-state index contributed by atoms with van der Waals surface area (Å²) in [5, 5.41) is 3.62. The Balaban J connectivity index is 1.72. The summed E-state index contributed by atoms with van der Waals surface area (Å²) >= 11 is 13.1. The minimum atomic E-state index is -0.370. The highest BCUT2D eigenvalue weighted by Gasteiger charge is 2.20. The van der Waals surface area contributed by atoms with Crippen LogP contribution in [0.3, 0.4) is 0 Å². The number of anilines is 1. The summed E-state index contributed by atoms with van der Waals surface area (Å²) in [7, 11) is 1.91. The Labute approximate surface area is 174 Å². The zero-order valence-corrected chi connectivity index (χ0v) is 16.9. The largest absolute Gasteiger partial charge is 0.333 e. The van der Waals surface area contributed by atoms with Crippen molar-refractivity contribution in [2.75, 3.05) is 5.32 Å². The third-order valence-corrected chi connectivity index (χ3v) is 5.63. The highest BCUT2D eigenvalue weighted by Crippen LogP contribution is 2.38. The first-order valence-electron chi connectivity index (χ1n) is 8.19. The summed E-state index contributed by atoms with van der Waals surface area (Å²) in [6.07, 6.45) is 4.96. The van der Waals surface area contributed by atoms with Crippen LogP contribution in [-0.4, -0.2) is 25.4 Å². The predicted molar refractivity (Wildman–Crippen MR) is 112 cm³/mol. The minimum Gasteiger partial charge on any atom is -0.333 e. The number of aryl methyl sites for hydroxylation is 1. The van der Waals surface area contributed by atoms with Gasteiger partial charge in [-0.1, -0.05) is 64.9 Å². The molecule has 1 N–H and O–H groups in total. The first kappa shape index (κ1) is 18.6. The number of aromatic nitrogens is 4. The molecule has 9 heteroatoms. The predicted octanol–water partition coefficient (Wildman–Crippen LogP) is 5.16. The van der Waals surface area contributed by atoms with Crippen molar-refractivity contribution in [1.29, 1.82) is 0 Å². The number of hydrogen-bond acceptors (Lipinski definition) is 5. The number of hydrogen-bond donors (Lipinski definition) is 1. The van der Waals surface area contributed by atoms with E-state index in [9.17, 15) is 4.79 Å². The third kappa shape index (κ3) is 3.64. The number of imidazole rings is 1. The zero-order valence-electron chi connectivity index (χ0n) is 14.6. The molecular formula is C19H13Cl2N5OS. The number of amides is 1. The first-order chi connectivity index (χ1) is 13.5. The number of nitrogens with zero attached hydrogens (tertiary/aromatic N) is 4. The van der Waals surface area contributed by atoms with Gasteiger partial charge < -0.3 is 4.57 Å². The van der Waals surface area contributed by atoms with Gasteiger partial charge in [0.25, 0.3) is 5.91 Å². The number of thiazole rings is 1. The summed E-state index contributed by atoms with van der Waals surface area (Å²) in [6.45, 7) is 0. The van der Waals surface area contributed by atoms with Crippen LogP contribution in [0.15, 0.2) is 55.0 Å². The van der Waals surface area contributed by atoms with E-state index in [0.29, 0.717) is 10.7 Å². The maximum absolute atomic E-state index is 12.6. The van der Waals surface area contributed by atoms with Crippen molar-refractivity contribution in [1.82, 2.24) is 19.5 Å². The van der Waals surface area contributed by atoms with Gasteiger partial charge in [-0.05, 0) is 6.07 Å². The van der Waals surface area contributed by atoms with Gasteiger partial charge in [0.1, 0.15) is 5.15 Å². The fourth-order valence-electron chi connectivity index (χ4n) is 2.62. The van der Waals surface area contributed by atoms with E-state index < -0.39 is 0 Å². The van der Waals surface area contributed by atoms with Gasteiger partial charge in [-0.25, -0.2) is 15.0 Å². The van der Waals surface area contributed by atoms with Crippen LogP contribution in [0.2, 0.25) is 10.2 Å². The van der Waals surface area contributed by atoms with Crippen LogP contribution < -0.4 is 5.32 Å². The van der Waals surface area contributed by atoms with E-state index in [-0.39, 0.29) is 16.1 Å². The highest BCUT2D eigenvalue weighted by molar-refractivity contribution is 7.19. The SMILES string of the molecule is Cn1ccnc1-c1sc(NC(=O)c2cnc(Cl)c(Cl)c2)nc1-c1ccccc1. The van der Waals surface area contributed by atoms with Crippen LogP contribution >= 0.6 is 34.5 Å². The Morgan fingerprint density at radius 1 is 1.18 bits per heavy atom. The molecule has 3 heterocycles. The van der Waals surface area contributed by atoms with E-state index in [1.165, 1.54) is 23.6 Å². The van der Waals surface area contributed by atoms with Crippen LogP contribution in [-0.2, 0) is 7.05 Å². The number of rotatable bonds is 4. The van der Waals surface area contributed by atoms with Crippen molar-refractivity contribution in [3.8, 4) is 22.0 Å². The van der Waals surface area contributed by atoms with Crippen LogP contribution in [0.25, 0.3) is 22.0 Å². The van der Waals surface area contributed by atoms with Gasteiger partial charge >= 0.3 is 0 Å². The van der Waals surface area contributed by atoms with Crippen molar-refractivity contribution in [3.63, 3.8) is 0 Å². The molecule has 28 heavy (non-hydrogen) atoms. The molecule has 0 aliphatic rings. The molecule has 0 unspecified atom stereocenters. The van der Waals surface area contributed by atoms with Crippen LogP contribution in [0.1, 0.15) is 10.4 Å². The highest BCUT2D eigenvalue weighted by atomic mass is 35.5. The van der Waals surface area contributed by atoms with Gasteiger partial charge in [0.05, 0.1) is 21.2 Å². The fraction of sp³-hybridized carbons (Fsp3) is 0.0526. The van der Waals surface area contributed by atoms with E-state index >= 15 is 0 Å². The van der Waals surface area contributed by atoms with Crippen molar-refractivity contribution >= 4 is 45.6 Å². The molecule has 0 fully saturated rings. The third-order valence-electron chi connectivity index (χ3n) is 3.98. The molecule has 0 saturated heterocycles. The molecule has 0 saturated carbocycles. The van der Waals surface area contributed by atoms with E-state index in [4.69, 9.17) is 23.2 Å². The molecule has 0 aliphatic heterocycles. The average Bonchev–Trinajstić information content (AvgIpc) is 3.30. The van der Waals surface area contributed by atoms with Gasteiger partial charge in [-0.15, -0.1) is 0 Å².